The number of benzene rings is 12. The molecule has 4 nitrogen and oxygen atoms in total. The molecule has 0 saturated heterocycles. The van der Waals surface area contributed by atoms with Gasteiger partial charge >= 0.3 is 0 Å². The zero-order valence-electron chi connectivity index (χ0n) is 72.1. The minimum absolute atomic E-state index is 0.00950. The van der Waals surface area contributed by atoms with E-state index in [1.807, 2.05) is 55.5 Å². The van der Waals surface area contributed by atoms with Crippen molar-refractivity contribution < 1.29 is 0 Å². The third-order valence-corrected chi connectivity index (χ3v) is 23.9. The molecule has 14 rings (SSSR count). The van der Waals surface area contributed by atoms with E-state index in [9.17, 15) is 0 Å². The van der Waals surface area contributed by atoms with Crippen molar-refractivity contribution in [2.75, 3.05) is 20.4 Å². The van der Waals surface area contributed by atoms with Gasteiger partial charge in [0.1, 0.15) is 0 Å². The highest BCUT2D eigenvalue weighted by molar-refractivity contribution is 9.10. The van der Waals surface area contributed by atoms with E-state index in [0.717, 1.165) is 89.8 Å². The van der Waals surface area contributed by atoms with Gasteiger partial charge < -0.3 is 20.4 Å². The molecule has 592 valence electrons. The number of nitrogens with two attached hydrogens (primary N) is 1. The SMILES string of the molecule is Cc1cc(C(C)(C)C)ccc1N.Cc1cc(Cl)cc(N(c2ccc3c(c2)C(C)(C)CC3(C)C)c2ccc(C(C)(C)C)cc2-c2ccccc2)c1.Cc1cc(N(c2cccc(Cl)c2)c2ccc(C(C)(C)C)cc2C)cc(N(c2ccc3c(c2)C(C)(C)CC3(C)C)c2ccc(C(C)(C)C)cc2-c2ccccc2)c1.Clc1cccc(Br)c1. The average Bonchev–Trinajstić information content (AvgIpc) is 1.53. The van der Waals surface area contributed by atoms with Gasteiger partial charge in [-0.05, 0) is 295 Å². The molecule has 0 radical (unpaired) electrons. The summed E-state index contributed by atoms with van der Waals surface area (Å²) in [5.74, 6) is 0. The van der Waals surface area contributed by atoms with Crippen molar-refractivity contribution in [2.45, 2.75) is 222 Å². The lowest BCUT2D eigenvalue weighted by Crippen LogP contribution is -2.18. The molecule has 12 aromatic rings. The summed E-state index contributed by atoms with van der Waals surface area (Å²) in [5.41, 5.74) is 38.0. The maximum atomic E-state index is 6.74. The number of fused-ring (bicyclic) bond motifs is 2. The van der Waals surface area contributed by atoms with Crippen LogP contribution in [0.25, 0.3) is 22.3 Å². The van der Waals surface area contributed by atoms with Gasteiger partial charge in [0.25, 0.3) is 0 Å². The van der Waals surface area contributed by atoms with Crippen LogP contribution < -0.4 is 20.4 Å². The standard InChI is InChI=1S/C53H59ClN2.C36H40ClN.C11H17N.C6H4BrCl/c1-35-27-43(55(41-20-16-19-40(54)31-41)48-25-21-38(29-36(48)2)50(3,4)5)32-44(28-35)56(42-23-24-46-47(33-42)53(11,12)34-52(46,9)10)49-26-22-39(51(6,7)8)30-45(49)37-17-14-13-15-18-37;1-24-18-27(37)21-29(19-24)38(28-15-16-31-32(22-28)36(7,8)23-35(31,5)6)33-17-14-26(34(2,3)4)20-30(33)25-12-10-9-11-13-25;1-8-7-9(11(2,3)4)5-6-10(8)12;7-5-2-1-3-6(8)4-5/h13-33H,34H2,1-12H3;9-22H,23H2,1-8H3;5-7H,12H2,1-4H3;1-4H. The molecule has 2 aliphatic rings. The number of rotatable bonds is 11. The lowest BCUT2D eigenvalue weighted by Gasteiger charge is -2.33. The summed E-state index contributed by atoms with van der Waals surface area (Å²) < 4.78 is 1.02. The molecule has 0 amide bonds. The fourth-order valence-corrected chi connectivity index (χ4v) is 18.2. The summed E-state index contributed by atoms with van der Waals surface area (Å²) in [7, 11) is 0. The first-order valence-corrected chi connectivity index (χ1v) is 42.3. The van der Waals surface area contributed by atoms with Gasteiger partial charge in [-0.1, -0.05) is 311 Å². The predicted octanol–water partition coefficient (Wildman–Crippen LogP) is 33.1. The Bertz CT molecular complexity index is 5410. The maximum absolute atomic E-state index is 6.74. The first-order chi connectivity index (χ1) is 53.2. The monoisotopic (exact) mass is 1630 g/mol. The largest absolute Gasteiger partial charge is 0.399 e. The molecular weight excluding hydrogens is 1520 g/mol. The molecule has 0 heterocycles. The van der Waals surface area contributed by atoms with Crippen LogP contribution in [0.1, 0.15) is 218 Å². The molecule has 0 aliphatic heterocycles. The summed E-state index contributed by atoms with van der Waals surface area (Å²) in [6.45, 7) is 54.9. The minimum atomic E-state index is -0.00950. The van der Waals surface area contributed by atoms with Gasteiger partial charge in [-0.25, -0.2) is 0 Å². The van der Waals surface area contributed by atoms with Gasteiger partial charge in [-0.2, -0.15) is 0 Å². The highest BCUT2D eigenvalue weighted by Gasteiger charge is 2.44. The topological polar surface area (TPSA) is 35.7 Å². The number of anilines is 10. The van der Waals surface area contributed by atoms with Crippen molar-refractivity contribution >= 4 is 108 Å². The van der Waals surface area contributed by atoms with E-state index < -0.39 is 0 Å². The molecular formula is C106H120BrCl3N4. The maximum Gasteiger partial charge on any atom is 0.0540 e. The number of nitrogens with zero attached hydrogens (tertiary/aromatic N) is 3. The van der Waals surface area contributed by atoms with Crippen LogP contribution in [0, 0.1) is 27.7 Å². The van der Waals surface area contributed by atoms with E-state index in [4.69, 9.17) is 40.5 Å². The average molecular weight is 1640 g/mol. The molecule has 0 saturated carbocycles. The molecule has 0 spiro atoms. The zero-order chi connectivity index (χ0) is 83.2. The number of hydrogen-bond acceptors (Lipinski definition) is 4. The Labute approximate surface area is 708 Å². The van der Waals surface area contributed by atoms with Crippen molar-refractivity contribution in [2.24, 2.45) is 0 Å². The van der Waals surface area contributed by atoms with Gasteiger partial charge in [0.15, 0.2) is 0 Å². The normalized spacial score (nSPS) is 14.4. The van der Waals surface area contributed by atoms with Crippen LogP contribution in [0.5, 0.6) is 0 Å². The Morgan fingerprint density at radius 1 is 0.298 bits per heavy atom. The number of halogens is 4. The van der Waals surface area contributed by atoms with Gasteiger partial charge in [0.2, 0.25) is 0 Å². The van der Waals surface area contributed by atoms with E-state index in [0.29, 0.717) is 5.02 Å². The smallest absolute Gasteiger partial charge is 0.0540 e. The minimum Gasteiger partial charge on any atom is -0.399 e. The van der Waals surface area contributed by atoms with Crippen LogP contribution in [0.4, 0.5) is 56.9 Å². The summed E-state index contributed by atoms with van der Waals surface area (Å²) in [5, 5.41) is 2.22. The highest BCUT2D eigenvalue weighted by atomic mass is 79.9. The molecule has 0 bridgehead atoms. The first kappa shape index (κ1) is 86.1. The van der Waals surface area contributed by atoms with Crippen molar-refractivity contribution in [3.63, 3.8) is 0 Å². The van der Waals surface area contributed by atoms with Crippen LogP contribution in [-0.2, 0) is 43.3 Å². The fourth-order valence-electron chi connectivity index (χ4n) is 17.0. The fraction of sp³-hybridized carbons (Fsp3) is 0.321. The third-order valence-electron chi connectivity index (χ3n) is 22.7. The second-order valence-electron chi connectivity index (χ2n) is 38.6. The van der Waals surface area contributed by atoms with Crippen LogP contribution >= 0.6 is 50.7 Å². The van der Waals surface area contributed by atoms with Crippen LogP contribution in [0.15, 0.2) is 259 Å². The highest BCUT2D eigenvalue weighted by Crippen LogP contribution is 2.55. The summed E-state index contributed by atoms with van der Waals surface area (Å²) >= 11 is 22.3. The second kappa shape index (κ2) is 33.4. The van der Waals surface area contributed by atoms with Gasteiger partial charge in [-0.3, -0.25) is 0 Å². The van der Waals surface area contributed by atoms with Gasteiger partial charge in [-0.15, -0.1) is 0 Å². The lowest BCUT2D eigenvalue weighted by atomic mass is 9.82. The Morgan fingerprint density at radius 2 is 0.649 bits per heavy atom. The first-order valence-electron chi connectivity index (χ1n) is 40.3. The third kappa shape index (κ3) is 19.8. The zero-order valence-corrected chi connectivity index (χ0v) is 75.9. The van der Waals surface area contributed by atoms with Crippen molar-refractivity contribution in [1.82, 2.24) is 0 Å². The molecule has 8 heteroatoms. The van der Waals surface area contributed by atoms with Crippen LogP contribution in [0.3, 0.4) is 0 Å². The van der Waals surface area contributed by atoms with Gasteiger partial charge in [0, 0.05) is 76.2 Å². The Kier molecular flexibility index (Phi) is 25.2. The molecule has 12 aromatic carbocycles. The molecule has 114 heavy (non-hydrogen) atoms. The summed E-state index contributed by atoms with van der Waals surface area (Å²) in [6, 6.07) is 92.2. The van der Waals surface area contributed by atoms with E-state index in [1.54, 1.807) is 0 Å². The molecule has 2 N–H and O–H groups in total. The van der Waals surface area contributed by atoms with Crippen molar-refractivity contribution in [3.05, 3.63) is 341 Å². The van der Waals surface area contributed by atoms with Crippen molar-refractivity contribution in [1.29, 1.82) is 0 Å². The Morgan fingerprint density at radius 3 is 1.04 bits per heavy atom. The summed E-state index contributed by atoms with van der Waals surface area (Å²) in [4.78, 5) is 7.27. The molecule has 0 unspecified atom stereocenters. The molecule has 2 aliphatic carbocycles. The number of aryl methyl sites for hydroxylation is 4. The number of hydrogen-bond donors (Lipinski definition) is 1. The van der Waals surface area contributed by atoms with Crippen LogP contribution in [-0.4, -0.2) is 0 Å². The Balaban J connectivity index is 0.000000188. The quantitative estimate of drug-likeness (QED) is 0.131. The predicted molar refractivity (Wildman–Crippen MR) is 503 cm³/mol. The van der Waals surface area contributed by atoms with Crippen molar-refractivity contribution in [3.8, 4) is 22.3 Å². The van der Waals surface area contributed by atoms with Crippen LogP contribution in [0.2, 0.25) is 15.1 Å². The van der Waals surface area contributed by atoms with E-state index in [-0.39, 0.29) is 43.3 Å². The van der Waals surface area contributed by atoms with E-state index in [1.165, 1.54) is 83.5 Å². The molecule has 0 aromatic heterocycles. The van der Waals surface area contributed by atoms with E-state index in [2.05, 4.69) is 396 Å². The Hall–Kier alpha value is -8.81. The molecule has 0 fully saturated rings. The molecule has 0 atom stereocenters. The lowest BCUT2D eigenvalue weighted by molar-refractivity contribution is 0.402. The second-order valence-corrected chi connectivity index (χ2v) is 40.8. The number of nitrogen functional groups attached to an aromatic ring is 1. The summed E-state index contributed by atoms with van der Waals surface area (Å²) in [6.07, 6.45) is 2.26. The van der Waals surface area contributed by atoms with Gasteiger partial charge in [0.05, 0.1) is 11.4 Å². The van der Waals surface area contributed by atoms with E-state index >= 15 is 0 Å².